The topological polar surface area (TPSA) is 58.1 Å². The van der Waals surface area contributed by atoms with E-state index in [1.165, 1.54) is 0 Å². The van der Waals surface area contributed by atoms with Gasteiger partial charge in [-0.15, -0.1) is 0 Å². The third kappa shape index (κ3) is 4.24. The zero-order chi connectivity index (χ0) is 20.1. The van der Waals surface area contributed by atoms with Crippen LogP contribution in [-0.2, 0) is 6.54 Å². The highest BCUT2D eigenvalue weighted by molar-refractivity contribution is 5.96. The first-order valence-electron chi connectivity index (χ1n) is 9.64. The second-order valence-electron chi connectivity index (χ2n) is 6.74. The Balaban J connectivity index is 1.57. The van der Waals surface area contributed by atoms with Gasteiger partial charge >= 0.3 is 0 Å². The Morgan fingerprint density at radius 1 is 0.931 bits per heavy atom. The van der Waals surface area contributed by atoms with E-state index in [-0.39, 0.29) is 5.91 Å². The summed E-state index contributed by atoms with van der Waals surface area (Å²) in [7, 11) is 0. The molecule has 0 saturated heterocycles. The quantitative estimate of drug-likeness (QED) is 0.508. The number of carbonyl (C=O) groups is 1. The molecule has 5 heteroatoms. The van der Waals surface area contributed by atoms with E-state index >= 15 is 0 Å². The molecule has 1 amide bonds. The summed E-state index contributed by atoms with van der Waals surface area (Å²) in [6, 6.07) is 23.4. The number of aromatic nitrogens is 2. The number of nitrogens with one attached hydrogen (secondary N) is 1. The molecule has 0 spiro atoms. The third-order valence-corrected chi connectivity index (χ3v) is 4.79. The van der Waals surface area contributed by atoms with Crippen LogP contribution in [0.15, 0.2) is 85.2 Å². The minimum Gasteiger partial charge on any atom is -0.338 e. The molecular formula is C24H22N4O. The predicted molar refractivity (Wildman–Crippen MR) is 116 cm³/mol. The average Bonchev–Trinajstić information content (AvgIpc) is 2.78. The molecule has 0 atom stereocenters. The number of amides is 1. The number of hydrogen-bond acceptors (Lipinski definition) is 4. The zero-order valence-corrected chi connectivity index (χ0v) is 16.2. The summed E-state index contributed by atoms with van der Waals surface area (Å²) >= 11 is 0. The van der Waals surface area contributed by atoms with Gasteiger partial charge < -0.3 is 10.2 Å². The summed E-state index contributed by atoms with van der Waals surface area (Å²) in [6.07, 6.45) is 3.42. The van der Waals surface area contributed by atoms with E-state index in [4.69, 9.17) is 0 Å². The lowest BCUT2D eigenvalue weighted by Gasteiger charge is -2.21. The summed E-state index contributed by atoms with van der Waals surface area (Å²) in [6.45, 7) is 3.20. The van der Waals surface area contributed by atoms with Crippen molar-refractivity contribution in [3.8, 4) is 0 Å². The van der Waals surface area contributed by atoms with E-state index in [0.29, 0.717) is 24.5 Å². The van der Waals surface area contributed by atoms with Crippen LogP contribution in [-0.4, -0.2) is 27.3 Å². The number of rotatable bonds is 6. The lowest BCUT2D eigenvalue weighted by atomic mass is 10.1. The first-order valence-corrected chi connectivity index (χ1v) is 9.64. The van der Waals surface area contributed by atoms with Crippen molar-refractivity contribution in [3.63, 3.8) is 0 Å². The highest BCUT2D eigenvalue weighted by Crippen LogP contribution is 2.24. The van der Waals surface area contributed by atoms with E-state index in [9.17, 15) is 4.79 Å². The average molecular weight is 382 g/mol. The number of anilines is 2. The number of pyridine rings is 2. The molecule has 144 valence electrons. The van der Waals surface area contributed by atoms with Gasteiger partial charge in [0.05, 0.1) is 11.2 Å². The van der Waals surface area contributed by atoms with Gasteiger partial charge in [-0.1, -0.05) is 48.5 Å². The van der Waals surface area contributed by atoms with Crippen LogP contribution in [0.4, 0.5) is 11.5 Å². The fraction of sp³-hybridized carbons (Fsp3) is 0.125. The van der Waals surface area contributed by atoms with Crippen molar-refractivity contribution in [3.05, 3.63) is 96.3 Å². The van der Waals surface area contributed by atoms with E-state index in [2.05, 4.69) is 15.3 Å². The van der Waals surface area contributed by atoms with E-state index in [1.54, 1.807) is 24.5 Å². The van der Waals surface area contributed by atoms with Gasteiger partial charge in [0.15, 0.2) is 0 Å². The zero-order valence-electron chi connectivity index (χ0n) is 16.2. The standard InChI is InChI=1S/C24H22N4O/c1-2-28(17-18-8-4-3-5-9-18)24(29)20-13-15-25-22(16-20)27-21-12-6-10-19-11-7-14-26-23(19)21/h3-16H,2,17H2,1H3,(H,25,27). The lowest BCUT2D eigenvalue weighted by molar-refractivity contribution is 0.0752. The van der Waals surface area contributed by atoms with Crippen LogP contribution in [0.5, 0.6) is 0 Å². The summed E-state index contributed by atoms with van der Waals surface area (Å²) in [5.41, 5.74) is 3.44. The van der Waals surface area contributed by atoms with Gasteiger partial charge in [0, 0.05) is 36.4 Å². The maximum atomic E-state index is 13.1. The summed E-state index contributed by atoms with van der Waals surface area (Å²) in [5, 5.41) is 4.35. The maximum absolute atomic E-state index is 13.1. The second-order valence-corrected chi connectivity index (χ2v) is 6.74. The van der Waals surface area contributed by atoms with E-state index in [0.717, 1.165) is 22.2 Å². The number of nitrogens with zero attached hydrogens (tertiary/aromatic N) is 3. The first-order chi connectivity index (χ1) is 14.2. The Morgan fingerprint density at radius 2 is 1.76 bits per heavy atom. The molecule has 0 fully saturated rings. The predicted octanol–water partition coefficient (Wildman–Crippen LogP) is 5.04. The molecule has 2 heterocycles. The molecule has 2 aromatic carbocycles. The Morgan fingerprint density at radius 3 is 2.59 bits per heavy atom. The van der Waals surface area contributed by atoms with Crippen molar-refractivity contribution in [2.45, 2.75) is 13.5 Å². The molecule has 2 aromatic heterocycles. The van der Waals surface area contributed by atoms with Crippen molar-refractivity contribution in [1.29, 1.82) is 0 Å². The molecule has 29 heavy (non-hydrogen) atoms. The largest absolute Gasteiger partial charge is 0.338 e. The van der Waals surface area contributed by atoms with Crippen LogP contribution in [0.25, 0.3) is 10.9 Å². The van der Waals surface area contributed by atoms with Gasteiger partial charge in [0.1, 0.15) is 5.82 Å². The van der Waals surface area contributed by atoms with Crippen molar-refractivity contribution in [2.24, 2.45) is 0 Å². The number of para-hydroxylation sites is 1. The molecule has 0 unspecified atom stereocenters. The summed E-state index contributed by atoms with van der Waals surface area (Å²) in [5.74, 6) is 0.600. The van der Waals surface area contributed by atoms with E-state index < -0.39 is 0 Å². The van der Waals surface area contributed by atoms with Gasteiger partial charge in [-0.3, -0.25) is 9.78 Å². The fourth-order valence-electron chi connectivity index (χ4n) is 3.29. The summed E-state index contributed by atoms with van der Waals surface area (Å²) in [4.78, 5) is 23.7. The molecule has 1 N–H and O–H groups in total. The monoisotopic (exact) mass is 382 g/mol. The Labute approximate surface area is 170 Å². The molecule has 0 bridgehead atoms. The second kappa shape index (κ2) is 8.52. The normalized spacial score (nSPS) is 10.7. The van der Waals surface area contributed by atoms with Crippen LogP contribution >= 0.6 is 0 Å². The first kappa shape index (κ1) is 18.6. The highest BCUT2D eigenvalue weighted by Gasteiger charge is 2.15. The van der Waals surface area contributed by atoms with Gasteiger partial charge in [-0.25, -0.2) is 4.98 Å². The minimum atomic E-state index is -0.0159. The summed E-state index contributed by atoms with van der Waals surface area (Å²) < 4.78 is 0. The minimum absolute atomic E-state index is 0.0159. The molecule has 0 aliphatic carbocycles. The van der Waals surface area contributed by atoms with Crippen molar-refractivity contribution in [2.75, 3.05) is 11.9 Å². The highest BCUT2D eigenvalue weighted by atomic mass is 16.2. The van der Waals surface area contributed by atoms with Crippen molar-refractivity contribution in [1.82, 2.24) is 14.9 Å². The van der Waals surface area contributed by atoms with E-state index in [1.807, 2.05) is 72.5 Å². The molecule has 0 aliphatic heterocycles. The molecule has 5 nitrogen and oxygen atoms in total. The molecule has 0 aliphatic rings. The van der Waals surface area contributed by atoms with Gasteiger partial charge in [0.2, 0.25) is 0 Å². The van der Waals surface area contributed by atoms with Gasteiger partial charge in [0.25, 0.3) is 5.91 Å². The molecule has 0 radical (unpaired) electrons. The Bertz CT molecular complexity index is 1120. The van der Waals surface area contributed by atoms with Crippen molar-refractivity contribution >= 4 is 28.3 Å². The number of hydrogen-bond donors (Lipinski definition) is 1. The lowest BCUT2D eigenvalue weighted by Crippen LogP contribution is -2.30. The van der Waals surface area contributed by atoms with Gasteiger partial charge in [-0.2, -0.15) is 0 Å². The third-order valence-electron chi connectivity index (χ3n) is 4.79. The molecule has 4 rings (SSSR count). The Kier molecular flexibility index (Phi) is 5.47. The van der Waals surface area contributed by atoms with Gasteiger partial charge in [-0.05, 0) is 36.8 Å². The SMILES string of the molecule is CCN(Cc1ccccc1)C(=O)c1ccnc(Nc2cccc3cccnc23)c1. The molecule has 4 aromatic rings. The van der Waals surface area contributed by atoms with Crippen molar-refractivity contribution < 1.29 is 4.79 Å². The number of carbonyl (C=O) groups excluding carboxylic acids is 1. The van der Waals surface area contributed by atoms with Crippen LogP contribution in [0.3, 0.4) is 0 Å². The molecule has 0 saturated carbocycles. The molecular weight excluding hydrogens is 360 g/mol. The smallest absolute Gasteiger partial charge is 0.254 e. The van der Waals surface area contributed by atoms with Crippen LogP contribution < -0.4 is 5.32 Å². The van der Waals surface area contributed by atoms with Crippen LogP contribution in [0.1, 0.15) is 22.8 Å². The fourth-order valence-corrected chi connectivity index (χ4v) is 3.29. The van der Waals surface area contributed by atoms with Crippen LogP contribution in [0.2, 0.25) is 0 Å². The Hall–Kier alpha value is -3.73. The van der Waals surface area contributed by atoms with Crippen LogP contribution in [0, 0.1) is 0 Å². The number of fused-ring (bicyclic) bond motifs is 1. The number of benzene rings is 2. The maximum Gasteiger partial charge on any atom is 0.254 e.